The molecule has 0 aromatic rings. The van der Waals surface area contributed by atoms with Crippen molar-refractivity contribution in [1.29, 1.82) is 0 Å². The van der Waals surface area contributed by atoms with E-state index in [0.717, 1.165) is 6.54 Å². The lowest BCUT2D eigenvalue weighted by molar-refractivity contribution is 0.101. The van der Waals surface area contributed by atoms with Crippen molar-refractivity contribution in [2.45, 2.75) is 6.04 Å². The Morgan fingerprint density at radius 3 is 2.83 bits per heavy atom. The molecule has 0 saturated carbocycles. The van der Waals surface area contributed by atoms with Gasteiger partial charge in [-0.15, -0.1) is 0 Å². The molecule has 0 aliphatic carbocycles. The fourth-order valence-electron chi connectivity index (χ4n) is 0.391. The van der Waals surface area contributed by atoms with Crippen LogP contribution in [0.25, 0.3) is 0 Å². The van der Waals surface area contributed by atoms with Crippen molar-refractivity contribution < 1.29 is 4.84 Å². The highest BCUT2D eigenvalue weighted by atomic mass is 16.7. The van der Waals surface area contributed by atoms with Crippen molar-refractivity contribution in [3.63, 3.8) is 0 Å². The molecular weight excluding hydrogens is 80.0 g/mol. The maximum atomic E-state index is 5.35. The first kappa shape index (κ1) is 4.05. The Balaban J connectivity index is 2.18. The summed E-state index contributed by atoms with van der Waals surface area (Å²) in [5.41, 5.74) is 7.99. The highest BCUT2D eigenvalue weighted by Crippen LogP contribution is 1.83. The van der Waals surface area contributed by atoms with Gasteiger partial charge >= 0.3 is 0 Å². The summed E-state index contributed by atoms with van der Waals surface area (Å²) in [5, 5.41) is 0. The van der Waals surface area contributed by atoms with Gasteiger partial charge in [-0.25, -0.2) is 5.48 Å². The van der Waals surface area contributed by atoms with E-state index in [-0.39, 0.29) is 6.04 Å². The first-order chi connectivity index (χ1) is 2.89. The number of nitrogens with two attached hydrogens (primary N) is 1. The van der Waals surface area contributed by atoms with Crippen LogP contribution in [0.4, 0.5) is 0 Å². The third-order valence-electron chi connectivity index (χ3n) is 0.745. The summed E-state index contributed by atoms with van der Waals surface area (Å²) in [4.78, 5) is 4.68. The second kappa shape index (κ2) is 1.55. The van der Waals surface area contributed by atoms with Gasteiger partial charge < -0.3 is 10.6 Å². The van der Waals surface area contributed by atoms with Crippen LogP contribution in [0.3, 0.4) is 0 Å². The summed E-state index contributed by atoms with van der Waals surface area (Å²) < 4.78 is 0. The third kappa shape index (κ3) is 0.680. The van der Waals surface area contributed by atoms with Crippen molar-refractivity contribution in [2.24, 2.45) is 5.73 Å². The number of rotatable bonds is 0. The van der Waals surface area contributed by atoms with Crippen LogP contribution in [0.1, 0.15) is 0 Å². The fraction of sp³-hybridized carbons (Fsp3) is 1.00. The molecule has 1 unspecified atom stereocenters. The van der Waals surface area contributed by atoms with E-state index in [1.54, 1.807) is 0 Å². The highest BCUT2D eigenvalue weighted by molar-refractivity contribution is 4.63. The lowest BCUT2D eigenvalue weighted by Gasteiger charge is -1.88. The second-order valence-corrected chi connectivity index (χ2v) is 1.42. The fourth-order valence-corrected chi connectivity index (χ4v) is 0.391. The number of hydrogen-bond acceptors (Lipinski definition) is 3. The largest absolute Gasteiger partial charge is 0.325 e. The van der Waals surface area contributed by atoms with E-state index in [1.165, 1.54) is 0 Å². The predicted octanol–water partition coefficient (Wildman–Crippen LogP) is -1.15. The van der Waals surface area contributed by atoms with Gasteiger partial charge in [-0.05, 0) is 0 Å². The van der Waals surface area contributed by atoms with Gasteiger partial charge in [-0.3, -0.25) is 0 Å². The molecule has 1 aliphatic rings. The van der Waals surface area contributed by atoms with Crippen LogP contribution in [0.2, 0.25) is 0 Å². The molecule has 36 valence electrons. The standard InChI is InChI=1S/C3H8N2O/c4-3-1-5-6-2-3/h3,5H,1-2,4H2. The van der Waals surface area contributed by atoms with Gasteiger partial charge in [0.2, 0.25) is 0 Å². The normalized spacial score (nSPS) is 34.5. The lowest BCUT2D eigenvalue weighted by atomic mass is 10.4. The topological polar surface area (TPSA) is 47.3 Å². The summed E-state index contributed by atoms with van der Waals surface area (Å²) >= 11 is 0. The molecule has 1 atom stereocenters. The second-order valence-electron chi connectivity index (χ2n) is 1.42. The van der Waals surface area contributed by atoms with Gasteiger partial charge in [0.25, 0.3) is 0 Å². The summed E-state index contributed by atoms with van der Waals surface area (Å²) in [6, 6.07) is 0.213. The molecule has 1 heterocycles. The maximum absolute atomic E-state index is 5.35. The summed E-state index contributed by atoms with van der Waals surface area (Å²) in [6.07, 6.45) is 0. The van der Waals surface area contributed by atoms with Crippen molar-refractivity contribution in [3.05, 3.63) is 0 Å². The monoisotopic (exact) mass is 88.1 g/mol. The molecule has 0 aromatic heterocycles. The molecule has 3 heteroatoms. The molecule has 3 nitrogen and oxygen atoms in total. The molecule has 1 aliphatic heterocycles. The van der Waals surface area contributed by atoms with Crippen LogP contribution in [0.5, 0.6) is 0 Å². The van der Waals surface area contributed by atoms with Crippen molar-refractivity contribution in [2.75, 3.05) is 13.2 Å². The van der Waals surface area contributed by atoms with Gasteiger partial charge in [0.15, 0.2) is 0 Å². The molecule has 0 bridgehead atoms. The zero-order valence-corrected chi connectivity index (χ0v) is 3.48. The van der Waals surface area contributed by atoms with Crippen molar-refractivity contribution in [3.8, 4) is 0 Å². The lowest BCUT2D eigenvalue weighted by Crippen LogP contribution is -2.24. The molecule has 0 spiro atoms. The molecule has 3 N–H and O–H groups in total. The molecule has 6 heavy (non-hydrogen) atoms. The average Bonchev–Trinajstić information content (AvgIpc) is 1.86. The molecule has 0 aromatic carbocycles. The van der Waals surface area contributed by atoms with E-state index in [2.05, 4.69) is 10.3 Å². The quantitative estimate of drug-likeness (QED) is 0.393. The Morgan fingerprint density at radius 2 is 2.67 bits per heavy atom. The van der Waals surface area contributed by atoms with Gasteiger partial charge in [0.1, 0.15) is 0 Å². The SMILES string of the molecule is NC1CNOC1. The van der Waals surface area contributed by atoms with Gasteiger partial charge in [0.05, 0.1) is 6.61 Å². The Bertz CT molecular complexity index is 42.1. The minimum Gasteiger partial charge on any atom is -0.325 e. The van der Waals surface area contributed by atoms with E-state index >= 15 is 0 Å². The van der Waals surface area contributed by atoms with E-state index in [0.29, 0.717) is 6.61 Å². The van der Waals surface area contributed by atoms with E-state index in [1.807, 2.05) is 0 Å². The van der Waals surface area contributed by atoms with Crippen LogP contribution in [-0.2, 0) is 4.84 Å². The van der Waals surface area contributed by atoms with E-state index in [4.69, 9.17) is 5.73 Å². The van der Waals surface area contributed by atoms with Crippen LogP contribution in [0, 0.1) is 0 Å². The van der Waals surface area contributed by atoms with Crippen LogP contribution < -0.4 is 11.2 Å². The smallest absolute Gasteiger partial charge is 0.0846 e. The Kier molecular flexibility index (Phi) is 1.05. The Labute approximate surface area is 36.4 Å². The van der Waals surface area contributed by atoms with Gasteiger partial charge in [0, 0.05) is 12.6 Å². The minimum atomic E-state index is 0.213. The first-order valence-corrected chi connectivity index (χ1v) is 2.00. The van der Waals surface area contributed by atoms with Gasteiger partial charge in [-0.2, -0.15) is 0 Å². The Hall–Kier alpha value is -0.120. The van der Waals surface area contributed by atoms with Crippen molar-refractivity contribution in [1.82, 2.24) is 5.48 Å². The maximum Gasteiger partial charge on any atom is 0.0846 e. The minimum absolute atomic E-state index is 0.213. The molecule has 1 saturated heterocycles. The van der Waals surface area contributed by atoms with Crippen LogP contribution in [-0.4, -0.2) is 19.2 Å². The van der Waals surface area contributed by atoms with E-state index < -0.39 is 0 Å². The molecule has 0 radical (unpaired) electrons. The molecule has 1 fully saturated rings. The van der Waals surface area contributed by atoms with Crippen LogP contribution in [0.15, 0.2) is 0 Å². The zero-order chi connectivity index (χ0) is 4.41. The number of hydrogen-bond donors (Lipinski definition) is 2. The summed E-state index contributed by atoms with van der Waals surface area (Å²) in [6.45, 7) is 1.44. The molecule has 0 amide bonds. The molecule has 1 rings (SSSR count). The van der Waals surface area contributed by atoms with Gasteiger partial charge in [-0.1, -0.05) is 0 Å². The number of nitrogens with one attached hydrogen (secondary N) is 1. The predicted molar refractivity (Wildman–Crippen MR) is 21.9 cm³/mol. The highest BCUT2D eigenvalue weighted by Gasteiger charge is 2.07. The van der Waals surface area contributed by atoms with Crippen molar-refractivity contribution >= 4 is 0 Å². The summed E-state index contributed by atoms with van der Waals surface area (Å²) in [5.74, 6) is 0. The zero-order valence-electron chi connectivity index (χ0n) is 3.48. The van der Waals surface area contributed by atoms with E-state index in [9.17, 15) is 0 Å². The Morgan fingerprint density at radius 1 is 1.83 bits per heavy atom. The summed E-state index contributed by atoms with van der Waals surface area (Å²) in [7, 11) is 0. The average molecular weight is 88.1 g/mol. The first-order valence-electron chi connectivity index (χ1n) is 2.00. The van der Waals surface area contributed by atoms with Crippen LogP contribution >= 0.6 is 0 Å². The third-order valence-corrected chi connectivity index (χ3v) is 0.745. The number of hydroxylamine groups is 1. The molecular formula is C3H8N2O.